The lowest BCUT2D eigenvalue weighted by Crippen LogP contribution is -2.61. The first-order valence-electron chi connectivity index (χ1n) is 27.6. The second-order valence-electron chi connectivity index (χ2n) is 21.2. The Morgan fingerprint density at radius 3 is 0.921 bits per heavy atom. The number of nitrogens with zero attached hydrogens (tertiary/aromatic N) is 15. The van der Waals surface area contributed by atoms with Crippen LogP contribution >= 0.6 is 0 Å². The van der Waals surface area contributed by atoms with Crippen LogP contribution in [0.5, 0.6) is 0 Å². The van der Waals surface area contributed by atoms with Crippen molar-refractivity contribution in [1.29, 1.82) is 0 Å². The first-order valence-corrected chi connectivity index (χ1v) is 27.6. The maximum absolute atomic E-state index is 14.6. The molecule has 0 unspecified atom stereocenters. The molecule has 5 atom stereocenters. The summed E-state index contributed by atoms with van der Waals surface area (Å²) in [4.78, 5) is 161. The van der Waals surface area contributed by atoms with Gasteiger partial charge in [-0.3, -0.25) is 33.8 Å². The number of carbonyl (C=O) groups is 11. The van der Waals surface area contributed by atoms with E-state index in [0.717, 1.165) is 0 Å². The van der Waals surface area contributed by atoms with Gasteiger partial charge in [-0.05, 0) is 96.3 Å². The van der Waals surface area contributed by atoms with Crippen molar-refractivity contribution >= 4 is 66.1 Å². The molecule has 416 valence electrons. The van der Waals surface area contributed by atoms with Crippen molar-refractivity contribution in [2.45, 2.75) is 127 Å². The molecule has 0 aromatic rings. The van der Waals surface area contributed by atoms with E-state index in [4.69, 9.17) is 0 Å². The Morgan fingerprint density at radius 2 is 0.605 bits per heavy atom. The molecule has 28 heteroatoms. The van der Waals surface area contributed by atoms with E-state index in [1.54, 1.807) is 0 Å². The van der Waals surface area contributed by atoms with Gasteiger partial charge in [0.2, 0.25) is 12.3 Å². The summed E-state index contributed by atoms with van der Waals surface area (Å²) >= 11 is 0. The van der Waals surface area contributed by atoms with Crippen molar-refractivity contribution in [3.05, 3.63) is 0 Å². The van der Waals surface area contributed by atoms with Gasteiger partial charge in [0.05, 0.1) is 6.61 Å². The van der Waals surface area contributed by atoms with Crippen LogP contribution in [-0.2, 0) is 28.8 Å². The summed E-state index contributed by atoms with van der Waals surface area (Å²) in [6.45, 7) is 3.85. The van der Waals surface area contributed by atoms with Crippen molar-refractivity contribution in [3.8, 4) is 0 Å². The number of aliphatic hydroxyl groups is 1. The number of likely N-dealkylation sites (tertiary alicyclic amines) is 5. The molecule has 0 bridgehead atoms. The molecule has 0 aromatic heterocycles. The topological polar surface area (TPSA) is 269 Å². The lowest BCUT2D eigenvalue weighted by atomic mass is 10.2. The molecule has 0 aromatic carbocycles. The van der Waals surface area contributed by atoms with Gasteiger partial charge in [0.15, 0.2) is 0 Å². The second-order valence-corrected chi connectivity index (χ2v) is 21.2. The third-order valence-corrected chi connectivity index (χ3v) is 16.8. The number of hydrogen-bond acceptors (Lipinski definition) is 12. The fourth-order valence-electron chi connectivity index (χ4n) is 13.1. The number of amides is 16. The Hall–Kier alpha value is -6.87. The van der Waals surface area contributed by atoms with Gasteiger partial charge in [-0.15, -0.1) is 0 Å². The summed E-state index contributed by atoms with van der Waals surface area (Å²) in [7, 11) is 0. The predicted octanol–water partition coefficient (Wildman–Crippen LogP) is -1.11. The first kappa shape index (κ1) is 52.6. The average Bonchev–Trinajstić information content (AvgIpc) is 4.29. The van der Waals surface area contributed by atoms with E-state index in [1.807, 2.05) is 0 Å². The average molecular weight is 1070 g/mol. The van der Waals surface area contributed by atoms with E-state index in [1.165, 1.54) is 74.6 Å². The fraction of sp³-hybridized carbons (Fsp3) is 0.771. The SMILES string of the molecule is O=CN1CCCN1C(=O)N1CCC[C@H]1C(=O)N1CCCN1C(=O)N1CCC[C@H]1C(=O)N1CCCN1C(=O)N1CCC[C@H]1C(=O)N1CCCN1C(=O)N1CCC[C@H]1C(=O)N1CCCN1C(=O)N1CCC[C@H]1C(=O)NCCO. The number of rotatable bonds is 8. The Balaban J connectivity index is 0.762. The third-order valence-electron chi connectivity index (χ3n) is 16.8. The number of hydrogen-bond donors (Lipinski definition) is 2. The molecule has 2 N–H and O–H groups in total. The lowest BCUT2D eigenvalue weighted by molar-refractivity contribution is -0.148. The van der Waals surface area contributed by atoms with E-state index in [0.29, 0.717) is 129 Å². The van der Waals surface area contributed by atoms with Gasteiger partial charge in [-0.1, -0.05) is 0 Å². The number of nitrogens with one attached hydrogen (secondary N) is 1. The van der Waals surface area contributed by atoms with E-state index in [-0.39, 0.29) is 91.1 Å². The van der Waals surface area contributed by atoms with Crippen LogP contribution in [0.15, 0.2) is 0 Å². The highest BCUT2D eigenvalue weighted by Gasteiger charge is 2.51. The van der Waals surface area contributed by atoms with E-state index >= 15 is 0 Å². The quantitative estimate of drug-likeness (QED) is 0.274. The van der Waals surface area contributed by atoms with Crippen LogP contribution in [0.25, 0.3) is 0 Å². The molecular formula is C48H72N16O12. The minimum atomic E-state index is -0.938. The highest BCUT2D eigenvalue weighted by molar-refractivity contribution is 5.95. The molecule has 76 heavy (non-hydrogen) atoms. The van der Waals surface area contributed by atoms with Crippen LogP contribution in [-0.4, -0.2) is 287 Å². The van der Waals surface area contributed by atoms with E-state index in [9.17, 15) is 57.8 Å². The smallest absolute Gasteiger partial charge is 0.339 e. The van der Waals surface area contributed by atoms with Crippen molar-refractivity contribution < 1.29 is 57.8 Å². The monoisotopic (exact) mass is 1060 g/mol. The van der Waals surface area contributed by atoms with Gasteiger partial charge in [0, 0.05) is 105 Å². The lowest BCUT2D eigenvalue weighted by Gasteiger charge is -2.40. The predicted molar refractivity (Wildman–Crippen MR) is 262 cm³/mol. The van der Waals surface area contributed by atoms with Crippen molar-refractivity contribution in [2.24, 2.45) is 0 Å². The van der Waals surface area contributed by atoms with Crippen LogP contribution in [0, 0.1) is 0 Å². The van der Waals surface area contributed by atoms with Gasteiger partial charge in [0.1, 0.15) is 30.2 Å². The van der Waals surface area contributed by atoms with Crippen LogP contribution in [0.2, 0.25) is 0 Å². The number of hydrazine groups is 5. The normalized spacial score (nSPS) is 26.9. The van der Waals surface area contributed by atoms with E-state index in [2.05, 4.69) is 5.32 Å². The van der Waals surface area contributed by atoms with Gasteiger partial charge in [-0.25, -0.2) is 69.1 Å². The maximum Gasteiger partial charge on any atom is 0.339 e. The molecule has 10 saturated heterocycles. The second kappa shape index (κ2) is 22.4. The summed E-state index contributed by atoms with van der Waals surface area (Å²) in [5, 5.41) is 25.5. The molecule has 10 rings (SSSR count). The van der Waals surface area contributed by atoms with Gasteiger partial charge in [-0.2, -0.15) is 0 Å². The van der Waals surface area contributed by atoms with Gasteiger partial charge >= 0.3 is 30.2 Å². The fourth-order valence-corrected chi connectivity index (χ4v) is 13.1. The molecule has 0 saturated carbocycles. The minimum Gasteiger partial charge on any atom is -0.395 e. The maximum atomic E-state index is 14.6. The molecule has 10 fully saturated rings. The molecular weight excluding hydrogens is 993 g/mol. The van der Waals surface area contributed by atoms with Crippen LogP contribution < -0.4 is 5.32 Å². The molecule has 10 heterocycles. The molecule has 10 aliphatic rings. The summed E-state index contributed by atoms with van der Waals surface area (Å²) in [6, 6.07) is -6.77. The molecule has 10 aliphatic heterocycles. The number of carbonyl (C=O) groups excluding carboxylic acids is 11. The minimum absolute atomic E-state index is 0.0601. The van der Waals surface area contributed by atoms with Crippen molar-refractivity contribution in [1.82, 2.24) is 79.9 Å². The molecule has 28 nitrogen and oxygen atoms in total. The zero-order valence-electron chi connectivity index (χ0n) is 43.2. The van der Waals surface area contributed by atoms with Crippen LogP contribution in [0.4, 0.5) is 24.0 Å². The summed E-state index contributed by atoms with van der Waals surface area (Å²) in [6.07, 6.45) is 7.80. The standard InChI is InChI=1S/C48H72N16O12/c65-32-16-49-39(67)34-11-1-18-51(34)45(73)61-28-7-23-56(61)41(69)36-13-3-20-53(36)47(75)63-30-9-25-58(63)43(71)38-15-5-22-55(38)48(76)64-31-10-26-59(64)42(70)37-14-4-21-54(37)46(74)62-29-8-24-57(62)40(68)35-12-2-19-52(35)44(72)60-27-6-17-50(60)33-66/h33-38,65H,1-32H2,(H,49,67)/t34-,35-,36-,37-,38-/m0/s1. The summed E-state index contributed by atoms with van der Waals surface area (Å²) in [5.74, 6) is -2.07. The third kappa shape index (κ3) is 9.57. The van der Waals surface area contributed by atoms with Crippen molar-refractivity contribution in [3.63, 3.8) is 0 Å². The van der Waals surface area contributed by atoms with Crippen LogP contribution in [0.1, 0.15) is 96.3 Å². The Kier molecular flexibility index (Phi) is 15.5. The Labute approximate surface area is 440 Å². The molecule has 0 aliphatic carbocycles. The number of urea groups is 5. The Bertz CT molecular complexity index is 2330. The van der Waals surface area contributed by atoms with Crippen LogP contribution in [0.3, 0.4) is 0 Å². The summed E-state index contributed by atoms with van der Waals surface area (Å²) in [5.41, 5.74) is 0. The Morgan fingerprint density at radius 1 is 0.342 bits per heavy atom. The van der Waals surface area contributed by atoms with E-state index < -0.39 is 84.0 Å². The molecule has 16 amide bonds. The zero-order chi connectivity index (χ0) is 53.4. The van der Waals surface area contributed by atoms with Crippen molar-refractivity contribution in [2.75, 3.05) is 111 Å². The first-order chi connectivity index (χ1) is 36.8. The van der Waals surface area contributed by atoms with Gasteiger partial charge < -0.3 is 34.9 Å². The highest BCUT2D eigenvalue weighted by atomic mass is 16.3. The van der Waals surface area contributed by atoms with Gasteiger partial charge in [0.25, 0.3) is 23.6 Å². The largest absolute Gasteiger partial charge is 0.395 e. The molecule has 0 radical (unpaired) electrons. The highest BCUT2D eigenvalue weighted by Crippen LogP contribution is 2.33. The molecule has 0 spiro atoms. The zero-order valence-corrected chi connectivity index (χ0v) is 43.2. The number of aliphatic hydroxyl groups excluding tert-OH is 1. The summed E-state index contributed by atoms with van der Waals surface area (Å²) < 4.78 is 0.